The standard InChI is InChI=1S/C19H22BF2NO3S/c1-18(2)19(3,4)26-20(25-18)14-11-13(27-23-5)7-9-17(14)24-12-6-8-15(21)16(22)10-12/h6-11,23H,1-5H3. The quantitative estimate of drug-likeness (QED) is 0.607. The molecule has 0 aliphatic carbocycles. The van der Waals surface area contributed by atoms with Gasteiger partial charge < -0.3 is 14.0 Å². The molecule has 2 aromatic carbocycles. The Hall–Kier alpha value is -1.61. The molecule has 1 heterocycles. The second-order valence-corrected chi connectivity index (χ2v) is 8.36. The molecule has 0 unspecified atom stereocenters. The van der Waals surface area contributed by atoms with Crippen molar-refractivity contribution >= 4 is 24.5 Å². The zero-order valence-corrected chi connectivity index (χ0v) is 16.7. The van der Waals surface area contributed by atoms with Crippen LogP contribution in [0.5, 0.6) is 11.5 Å². The normalized spacial score (nSPS) is 18.0. The van der Waals surface area contributed by atoms with Crippen molar-refractivity contribution in [2.24, 2.45) is 0 Å². The lowest BCUT2D eigenvalue weighted by atomic mass is 9.78. The van der Waals surface area contributed by atoms with E-state index < -0.39 is 30.0 Å². The molecule has 3 rings (SSSR count). The van der Waals surface area contributed by atoms with Crippen molar-refractivity contribution in [3.8, 4) is 11.5 Å². The van der Waals surface area contributed by atoms with E-state index in [1.54, 1.807) is 6.07 Å². The first-order chi connectivity index (χ1) is 12.6. The second-order valence-electron chi connectivity index (χ2n) is 7.27. The summed E-state index contributed by atoms with van der Waals surface area (Å²) in [5.41, 5.74) is -0.342. The summed E-state index contributed by atoms with van der Waals surface area (Å²) in [7, 11) is 1.18. The van der Waals surface area contributed by atoms with Gasteiger partial charge >= 0.3 is 7.12 Å². The molecule has 144 valence electrons. The molecule has 0 aromatic heterocycles. The molecule has 0 saturated carbocycles. The van der Waals surface area contributed by atoms with E-state index in [4.69, 9.17) is 14.0 Å². The van der Waals surface area contributed by atoms with E-state index in [1.165, 1.54) is 18.0 Å². The first-order valence-electron chi connectivity index (χ1n) is 8.59. The molecule has 8 heteroatoms. The van der Waals surface area contributed by atoms with E-state index in [9.17, 15) is 8.78 Å². The van der Waals surface area contributed by atoms with Crippen LogP contribution in [0.3, 0.4) is 0 Å². The predicted molar refractivity (Wildman–Crippen MR) is 104 cm³/mol. The zero-order chi connectivity index (χ0) is 19.8. The van der Waals surface area contributed by atoms with Crippen LogP contribution in [0.25, 0.3) is 0 Å². The largest absolute Gasteiger partial charge is 0.498 e. The molecular formula is C19H22BF2NO3S. The Morgan fingerprint density at radius 1 is 0.963 bits per heavy atom. The minimum absolute atomic E-state index is 0.195. The maximum atomic E-state index is 13.5. The summed E-state index contributed by atoms with van der Waals surface area (Å²) in [4.78, 5) is 0.944. The second kappa shape index (κ2) is 7.43. The summed E-state index contributed by atoms with van der Waals surface area (Å²) in [6.45, 7) is 7.87. The minimum Gasteiger partial charge on any atom is -0.458 e. The molecule has 0 atom stereocenters. The Morgan fingerprint density at radius 2 is 1.63 bits per heavy atom. The van der Waals surface area contributed by atoms with Crippen LogP contribution in [-0.4, -0.2) is 25.4 Å². The summed E-state index contributed by atoms with van der Waals surface area (Å²) in [5.74, 6) is -1.23. The van der Waals surface area contributed by atoms with E-state index in [2.05, 4.69) is 4.72 Å². The highest BCUT2D eigenvalue weighted by atomic mass is 32.2. The van der Waals surface area contributed by atoms with E-state index in [0.717, 1.165) is 17.0 Å². The van der Waals surface area contributed by atoms with Crippen LogP contribution in [0.1, 0.15) is 27.7 Å². The van der Waals surface area contributed by atoms with Gasteiger partial charge in [-0.15, -0.1) is 0 Å². The number of ether oxygens (including phenoxy) is 1. The van der Waals surface area contributed by atoms with Crippen molar-refractivity contribution in [1.29, 1.82) is 0 Å². The summed E-state index contributed by atoms with van der Waals surface area (Å²) in [5, 5.41) is 0. The summed E-state index contributed by atoms with van der Waals surface area (Å²) < 4.78 is 47.9. The fourth-order valence-corrected chi connectivity index (χ4v) is 3.18. The van der Waals surface area contributed by atoms with Crippen LogP contribution in [0.15, 0.2) is 41.3 Å². The zero-order valence-electron chi connectivity index (χ0n) is 15.9. The SMILES string of the molecule is CNSc1ccc(Oc2ccc(F)c(F)c2)c(B2OC(C)(C)C(C)(C)O2)c1. The Kier molecular flexibility index (Phi) is 5.54. The van der Waals surface area contributed by atoms with E-state index in [-0.39, 0.29) is 5.75 Å². The lowest BCUT2D eigenvalue weighted by molar-refractivity contribution is 0.00578. The maximum Gasteiger partial charge on any atom is 0.498 e. The third-order valence-electron chi connectivity index (χ3n) is 4.83. The molecule has 1 aliphatic rings. The first-order valence-corrected chi connectivity index (χ1v) is 9.41. The van der Waals surface area contributed by atoms with Crippen molar-refractivity contribution in [2.45, 2.75) is 43.8 Å². The molecule has 0 radical (unpaired) electrons. The first kappa shape index (κ1) is 20.1. The van der Waals surface area contributed by atoms with Gasteiger partial charge in [-0.25, -0.2) is 8.78 Å². The monoisotopic (exact) mass is 393 g/mol. The van der Waals surface area contributed by atoms with Crippen molar-refractivity contribution in [3.05, 3.63) is 48.0 Å². The molecule has 0 amide bonds. The molecule has 1 saturated heterocycles. The van der Waals surface area contributed by atoms with Crippen LogP contribution >= 0.6 is 11.9 Å². The highest BCUT2D eigenvalue weighted by Gasteiger charge is 2.52. The van der Waals surface area contributed by atoms with Crippen LogP contribution in [0.4, 0.5) is 8.78 Å². The molecule has 27 heavy (non-hydrogen) atoms. The highest BCUT2D eigenvalue weighted by Crippen LogP contribution is 2.38. The molecule has 1 aliphatic heterocycles. The van der Waals surface area contributed by atoms with Crippen LogP contribution in [-0.2, 0) is 9.31 Å². The third-order valence-corrected chi connectivity index (χ3v) is 5.52. The van der Waals surface area contributed by atoms with Crippen LogP contribution < -0.4 is 14.9 Å². The third kappa shape index (κ3) is 4.14. The predicted octanol–water partition coefficient (Wildman–Crippen LogP) is 4.28. The minimum atomic E-state index is -0.966. The van der Waals surface area contributed by atoms with Gasteiger partial charge in [0.1, 0.15) is 11.5 Å². The van der Waals surface area contributed by atoms with Gasteiger partial charge in [0.15, 0.2) is 11.6 Å². The Labute approximate surface area is 162 Å². The molecule has 0 bridgehead atoms. The highest BCUT2D eigenvalue weighted by molar-refractivity contribution is 7.97. The molecule has 1 N–H and O–H groups in total. The van der Waals surface area contributed by atoms with Crippen LogP contribution in [0, 0.1) is 11.6 Å². The fraction of sp³-hybridized carbons (Fsp3) is 0.368. The number of hydrogen-bond donors (Lipinski definition) is 1. The van der Waals surface area contributed by atoms with Crippen molar-refractivity contribution in [1.82, 2.24) is 4.72 Å². The van der Waals surface area contributed by atoms with Gasteiger partial charge in [-0.2, -0.15) is 0 Å². The van der Waals surface area contributed by atoms with Gasteiger partial charge in [0, 0.05) is 16.4 Å². The Balaban J connectivity index is 1.97. The van der Waals surface area contributed by atoms with Crippen molar-refractivity contribution in [3.63, 3.8) is 0 Å². The number of rotatable bonds is 5. The van der Waals surface area contributed by atoms with Gasteiger partial charge in [-0.3, -0.25) is 4.72 Å². The maximum absolute atomic E-state index is 13.5. The smallest absolute Gasteiger partial charge is 0.458 e. The fourth-order valence-electron chi connectivity index (χ4n) is 2.62. The lowest BCUT2D eigenvalue weighted by Gasteiger charge is -2.32. The molecule has 4 nitrogen and oxygen atoms in total. The average Bonchev–Trinajstić information content (AvgIpc) is 2.80. The average molecular weight is 393 g/mol. The molecular weight excluding hydrogens is 371 g/mol. The van der Waals surface area contributed by atoms with Gasteiger partial charge in [-0.05, 0) is 77.0 Å². The summed E-state index contributed by atoms with van der Waals surface area (Å²) >= 11 is 1.44. The number of halogens is 2. The number of nitrogens with one attached hydrogen (secondary N) is 1. The van der Waals surface area contributed by atoms with Crippen LogP contribution in [0.2, 0.25) is 0 Å². The van der Waals surface area contributed by atoms with Gasteiger partial charge in [0.05, 0.1) is 11.2 Å². The van der Waals surface area contributed by atoms with Crippen molar-refractivity contribution in [2.75, 3.05) is 7.05 Å². The van der Waals surface area contributed by atoms with Gasteiger partial charge in [0.2, 0.25) is 0 Å². The van der Waals surface area contributed by atoms with Crippen molar-refractivity contribution < 1.29 is 22.8 Å². The Bertz CT molecular complexity index is 832. The Morgan fingerprint density at radius 3 is 2.22 bits per heavy atom. The lowest BCUT2D eigenvalue weighted by Crippen LogP contribution is -2.41. The molecule has 1 fully saturated rings. The topological polar surface area (TPSA) is 39.7 Å². The number of benzene rings is 2. The van der Waals surface area contributed by atoms with E-state index >= 15 is 0 Å². The van der Waals surface area contributed by atoms with Gasteiger partial charge in [-0.1, -0.05) is 0 Å². The molecule has 0 spiro atoms. The molecule has 2 aromatic rings. The van der Waals surface area contributed by atoms with Gasteiger partial charge in [0.25, 0.3) is 0 Å². The summed E-state index contributed by atoms with van der Waals surface area (Å²) in [6.07, 6.45) is 0. The van der Waals surface area contributed by atoms with E-state index in [1.807, 2.05) is 46.9 Å². The van der Waals surface area contributed by atoms with E-state index in [0.29, 0.717) is 11.2 Å². The number of hydrogen-bond acceptors (Lipinski definition) is 5. The summed E-state index contributed by atoms with van der Waals surface area (Å²) in [6, 6.07) is 8.96.